The number of carboxylic acids is 1. The highest BCUT2D eigenvalue weighted by molar-refractivity contribution is 8.77. The van der Waals surface area contributed by atoms with E-state index in [1.165, 1.54) is 33.7 Å². The Morgan fingerprint density at radius 3 is 2.28 bits per heavy atom. The van der Waals surface area contributed by atoms with Crippen molar-refractivity contribution in [3.63, 3.8) is 0 Å². The Morgan fingerprint density at radius 2 is 1.67 bits per heavy atom. The Kier molecular flexibility index (Phi) is 10.3. The number of hydrogen-bond acceptors (Lipinski definition) is 8. The molecule has 0 spiro atoms. The number of phenolic OH excluding ortho intramolecular Hbond substituents is 1. The molecule has 39 heavy (non-hydrogen) atoms. The van der Waals surface area contributed by atoms with E-state index in [0.717, 1.165) is 16.7 Å². The number of phenols is 1. The van der Waals surface area contributed by atoms with Crippen LogP contribution in [0, 0.1) is 6.92 Å². The number of aromatic hydroxyl groups is 1. The summed E-state index contributed by atoms with van der Waals surface area (Å²) in [5.74, 6) is -2.73. The van der Waals surface area contributed by atoms with Crippen LogP contribution >= 0.6 is 21.6 Å². The predicted octanol–water partition coefficient (Wildman–Crippen LogP) is 1.53. The molecule has 7 N–H and O–H groups in total. The lowest BCUT2D eigenvalue weighted by Crippen LogP contribution is -2.59. The van der Waals surface area contributed by atoms with Gasteiger partial charge in [0.15, 0.2) is 0 Å². The molecule has 10 nitrogen and oxygen atoms in total. The number of nitrogens with two attached hydrogens (primary N) is 1. The number of hydrogen-bond donors (Lipinski definition) is 6. The minimum atomic E-state index is -1.22. The van der Waals surface area contributed by atoms with Crippen molar-refractivity contribution in [1.29, 1.82) is 0 Å². The molecule has 1 fully saturated rings. The molecular weight excluding hydrogens is 540 g/mol. The Morgan fingerprint density at radius 1 is 1.05 bits per heavy atom. The smallest absolute Gasteiger partial charge is 0.327 e. The van der Waals surface area contributed by atoms with Gasteiger partial charge in [-0.25, -0.2) is 4.79 Å². The normalized spacial score (nSPS) is 22.5. The molecular formula is C27H34N4O6S2. The molecule has 1 aliphatic heterocycles. The number of carbonyl (C=O) groups is 4. The van der Waals surface area contributed by atoms with Crippen LogP contribution in [0.2, 0.25) is 0 Å². The third kappa shape index (κ3) is 8.64. The van der Waals surface area contributed by atoms with E-state index in [1.54, 1.807) is 26.0 Å². The largest absolute Gasteiger partial charge is 0.508 e. The van der Waals surface area contributed by atoms with Crippen LogP contribution in [0.25, 0.3) is 0 Å². The lowest BCUT2D eigenvalue weighted by molar-refractivity contribution is -0.143. The Labute approximate surface area is 235 Å². The fraction of sp³-hybridized carbons (Fsp3) is 0.407. The van der Waals surface area contributed by atoms with Crippen LogP contribution in [0.5, 0.6) is 5.75 Å². The van der Waals surface area contributed by atoms with Crippen LogP contribution in [-0.2, 0) is 32.0 Å². The first-order valence-corrected chi connectivity index (χ1v) is 14.7. The molecule has 210 valence electrons. The molecule has 12 heteroatoms. The summed E-state index contributed by atoms with van der Waals surface area (Å²) in [6.45, 7) is 5.33. The van der Waals surface area contributed by atoms with Crippen molar-refractivity contribution in [2.45, 2.75) is 62.5 Å². The van der Waals surface area contributed by atoms with Gasteiger partial charge in [0.1, 0.15) is 23.9 Å². The summed E-state index contributed by atoms with van der Waals surface area (Å²) in [5, 5.41) is 27.3. The summed E-state index contributed by atoms with van der Waals surface area (Å²) in [6, 6.07) is 9.48. The second kappa shape index (κ2) is 13.2. The van der Waals surface area contributed by atoms with Gasteiger partial charge in [-0.1, -0.05) is 63.5 Å². The molecule has 2 unspecified atom stereocenters. The van der Waals surface area contributed by atoms with E-state index >= 15 is 0 Å². The fourth-order valence-electron chi connectivity index (χ4n) is 3.96. The first-order valence-electron chi connectivity index (χ1n) is 12.4. The van der Waals surface area contributed by atoms with Gasteiger partial charge in [0, 0.05) is 12.2 Å². The van der Waals surface area contributed by atoms with Gasteiger partial charge in [0.2, 0.25) is 17.7 Å². The Balaban J connectivity index is 1.82. The summed E-state index contributed by atoms with van der Waals surface area (Å²) >= 11 is 0. The molecule has 1 heterocycles. The topological polar surface area (TPSA) is 171 Å². The summed E-state index contributed by atoms with van der Waals surface area (Å²) in [4.78, 5) is 51.7. The average Bonchev–Trinajstić information content (AvgIpc) is 2.88. The van der Waals surface area contributed by atoms with E-state index in [2.05, 4.69) is 16.0 Å². The molecule has 0 aromatic heterocycles. The standard InChI is InChI=1S/C27H34N4O6S2/c1-15-4-6-17(7-5-15)13-20-24(34)31-22(26(36)37)27(2,3)39-38-14-21(25(35)29-20)30-23(33)19(28)12-16-8-10-18(32)11-9-16/h4-11,19-22,32H,12-14,28H2,1-3H3,(H,29,35)(H,30,33)(H,31,34)(H,36,37)/t19-,20?,21?,22-/m0/s1. The number of carbonyl (C=O) groups excluding carboxylic acids is 3. The zero-order valence-electron chi connectivity index (χ0n) is 22.0. The summed E-state index contributed by atoms with van der Waals surface area (Å²) in [6.07, 6.45) is 0.320. The summed E-state index contributed by atoms with van der Waals surface area (Å²) in [7, 11) is 2.44. The van der Waals surface area contributed by atoms with E-state index in [9.17, 15) is 29.4 Å². The van der Waals surface area contributed by atoms with Crippen molar-refractivity contribution in [1.82, 2.24) is 16.0 Å². The lowest BCUT2D eigenvalue weighted by Gasteiger charge is -2.31. The molecule has 4 atom stereocenters. The molecule has 0 radical (unpaired) electrons. The zero-order chi connectivity index (χ0) is 28.7. The van der Waals surface area contributed by atoms with Crippen molar-refractivity contribution >= 4 is 45.3 Å². The van der Waals surface area contributed by atoms with Crippen molar-refractivity contribution in [2.75, 3.05) is 5.75 Å². The monoisotopic (exact) mass is 574 g/mol. The van der Waals surface area contributed by atoms with Gasteiger partial charge in [0.25, 0.3) is 0 Å². The van der Waals surface area contributed by atoms with Crippen LogP contribution in [0.4, 0.5) is 0 Å². The van der Waals surface area contributed by atoms with Gasteiger partial charge in [-0.15, -0.1) is 0 Å². The highest BCUT2D eigenvalue weighted by Crippen LogP contribution is 2.39. The molecule has 3 amide bonds. The maximum atomic E-state index is 13.4. The van der Waals surface area contributed by atoms with Gasteiger partial charge in [-0.2, -0.15) is 0 Å². The van der Waals surface area contributed by atoms with Crippen molar-refractivity contribution in [3.8, 4) is 5.75 Å². The van der Waals surface area contributed by atoms with Crippen LogP contribution < -0.4 is 21.7 Å². The fourth-order valence-corrected chi connectivity index (χ4v) is 6.77. The van der Waals surface area contributed by atoms with Crippen molar-refractivity contribution < 1.29 is 29.4 Å². The van der Waals surface area contributed by atoms with Gasteiger partial charge >= 0.3 is 5.97 Å². The minimum Gasteiger partial charge on any atom is -0.508 e. The molecule has 2 aromatic rings. The van der Waals surface area contributed by atoms with E-state index in [-0.39, 0.29) is 24.3 Å². The summed E-state index contributed by atoms with van der Waals surface area (Å²) in [5.41, 5.74) is 8.66. The lowest BCUT2D eigenvalue weighted by atomic mass is 10.00. The third-order valence-corrected chi connectivity index (χ3v) is 9.60. The quantitative estimate of drug-likeness (QED) is 0.268. The number of nitrogens with one attached hydrogen (secondary N) is 3. The third-order valence-electron chi connectivity index (χ3n) is 6.29. The van der Waals surface area contributed by atoms with E-state index in [1.807, 2.05) is 31.2 Å². The predicted molar refractivity (Wildman–Crippen MR) is 152 cm³/mol. The van der Waals surface area contributed by atoms with Gasteiger partial charge < -0.3 is 31.9 Å². The van der Waals surface area contributed by atoms with E-state index < -0.39 is 52.6 Å². The number of rotatable bonds is 7. The molecule has 2 aromatic carbocycles. The molecule has 0 saturated carbocycles. The number of aryl methyl sites for hydroxylation is 1. The zero-order valence-corrected chi connectivity index (χ0v) is 23.6. The Hall–Kier alpha value is -3.22. The maximum absolute atomic E-state index is 13.4. The summed E-state index contributed by atoms with van der Waals surface area (Å²) < 4.78 is -0.933. The second-order valence-electron chi connectivity index (χ2n) is 10.0. The van der Waals surface area contributed by atoms with Crippen molar-refractivity contribution in [2.24, 2.45) is 5.73 Å². The molecule has 0 bridgehead atoms. The minimum absolute atomic E-state index is 0.0951. The van der Waals surface area contributed by atoms with Crippen LogP contribution in [0.1, 0.15) is 30.5 Å². The first kappa shape index (κ1) is 30.3. The number of amides is 3. The highest BCUT2D eigenvalue weighted by atomic mass is 33.1. The molecule has 1 saturated heterocycles. The SMILES string of the molecule is Cc1ccc(CC2NC(=O)C(NC(=O)[C@@H](N)Cc3ccc(O)cc3)CSSC(C)(C)[C@H](C(=O)O)NC2=O)cc1. The second-order valence-corrected chi connectivity index (χ2v) is 13.0. The number of carboxylic acid groups (broad SMARTS) is 1. The van der Waals surface area contributed by atoms with E-state index in [4.69, 9.17) is 5.73 Å². The highest BCUT2D eigenvalue weighted by Gasteiger charge is 2.40. The van der Waals surface area contributed by atoms with E-state index in [0.29, 0.717) is 0 Å². The average molecular weight is 575 g/mol. The first-order chi connectivity index (χ1) is 18.4. The van der Waals surface area contributed by atoms with Crippen LogP contribution in [0.15, 0.2) is 48.5 Å². The molecule has 1 aliphatic rings. The number of aliphatic carboxylic acids is 1. The maximum Gasteiger partial charge on any atom is 0.327 e. The van der Waals surface area contributed by atoms with Crippen molar-refractivity contribution in [3.05, 3.63) is 65.2 Å². The van der Waals surface area contributed by atoms with Gasteiger partial charge in [-0.3, -0.25) is 14.4 Å². The van der Waals surface area contributed by atoms with Gasteiger partial charge in [0.05, 0.1) is 10.8 Å². The van der Waals surface area contributed by atoms with Crippen LogP contribution in [-0.4, -0.2) is 68.6 Å². The van der Waals surface area contributed by atoms with Gasteiger partial charge in [-0.05, 0) is 50.5 Å². The van der Waals surface area contributed by atoms with Crippen LogP contribution in [0.3, 0.4) is 0 Å². The molecule has 3 rings (SSSR count). The molecule has 0 aliphatic carbocycles. The Bertz CT molecular complexity index is 1190. The number of benzene rings is 2.